The number of nitrogens with one attached hydrogen (secondary N) is 2. The summed E-state index contributed by atoms with van der Waals surface area (Å²) in [7, 11) is 0. The molecule has 0 aliphatic carbocycles. The topological polar surface area (TPSA) is 58.2 Å². The van der Waals surface area contributed by atoms with Crippen molar-refractivity contribution in [3.63, 3.8) is 0 Å². The molecule has 2 aromatic rings. The Morgan fingerprint density at radius 2 is 1.95 bits per heavy atom. The Morgan fingerprint density at radius 3 is 2.63 bits per heavy atom. The molecule has 1 aromatic carbocycles. The molecule has 0 bridgehead atoms. The summed E-state index contributed by atoms with van der Waals surface area (Å²) in [6.07, 6.45) is 0. The summed E-state index contributed by atoms with van der Waals surface area (Å²) in [5.41, 5.74) is 2.13. The monoisotopic (exact) mass is 274 g/mol. The molecule has 1 aromatic heterocycles. The van der Waals surface area contributed by atoms with Gasteiger partial charge in [-0.25, -0.2) is 4.79 Å². The van der Waals surface area contributed by atoms with E-state index in [1.54, 1.807) is 17.5 Å². The zero-order chi connectivity index (χ0) is 13.7. The highest BCUT2D eigenvalue weighted by molar-refractivity contribution is 7.12. The van der Waals surface area contributed by atoms with E-state index in [2.05, 4.69) is 10.6 Å². The number of imide groups is 1. The molecule has 0 radical (unpaired) electrons. The molecule has 98 valence electrons. The Labute approximate surface area is 115 Å². The average molecular weight is 274 g/mol. The minimum absolute atomic E-state index is 0.378. The first-order valence-corrected chi connectivity index (χ1v) is 6.72. The fourth-order valence-corrected chi connectivity index (χ4v) is 2.22. The van der Waals surface area contributed by atoms with Crippen molar-refractivity contribution >= 4 is 23.3 Å². The lowest BCUT2D eigenvalue weighted by Crippen LogP contribution is -2.38. The van der Waals surface area contributed by atoms with E-state index in [9.17, 15) is 9.59 Å². The molecule has 1 heterocycles. The van der Waals surface area contributed by atoms with Crippen molar-refractivity contribution in [2.24, 2.45) is 0 Å². The minimum atomic E-state index is -0.485. The summed E-state index contributed by atoms with van der Waals surface area (Å²) in [6, 6.07) is 10.7. The van der Waals surface area contributed by atoms with Crippen LogP contribution >= 0.6 is 11.3 Å². The van der Waals surface area contributed by atoms with Crippen LogP contribution in [0.5, 0.6) is 0 Å². The number of hydrogen-bond acceptors (Lipinski definition) is 3. The molecular formula is C14H14N2O2S. The van der Waals surface area contributed by atoms with Crippen LogP contribution in [-0.2, 0) is 6.54 Å². The molecule has 19 heavy (non-hydrogen) atoms. The van der Waals surface area contributed by atoms with Crippen LogP contribution in [0.25, 0.3) is 0 Å². The molecule has 2 rings (SSSR count). The van der Waals surface area contributed by atoms with Gasteiger partial charge in [0.25, 0.3) is 5.91 Å². The van der Waals surface area contributed by atoms with E-state index in [4.69, 9.17) is 0 Å². The van der Waals surface area contributed by atoms with Gasteiger partial charge in [0.2, 0.25) is 0 Å². The summed E-state index contributed by atoms with van der Waals surface area (Å²) in [5.74, 6) is -0.378. The highest BCUT2D eigenvalue weighted by Gasteiger charge is 2.10. The van der Waals surface area contributed by atoms with Crippen LogP contribution in [-0.4, -0.2) is 11.9 Å². The molecule has 5 heteroatoms. The fourth-order valence-electron chi connectivity index (χ4n) is 1.60. The lowest BCUT2D eigenvalue weighted by atomic mass is 10.1. The van der Waals surface area contributed by atoms with Crippen molar-refractivity contribution in [3.05, 3.63) is 57.8 Å². The maximum Gasteiger partial charge on any atom is 0.322 e. The number of hydrogen-bond donors (Lipinski definition) is 2. The molecule has 3 amide bonds. The number of rotatable bonds is 3. The normalized spacial score (nSPS) is 9.95. The molecule has 0 atom stereocenters. The Hall–Kier alpha value is -2.14. The van der Waals surface area contributed by atoms with Crippen molar-refractivity contribution in [1.82, 2.24) is 10.6 Å². The second kappa shape index (κ2) is 6.15. The molecule has 0 aliphatic heterocycles. The van der Waals surface area contributed by atoms with Crippen LogP contribution < -0.4 is 10.6 Å². The number of carbonyl (C=O) groups is 2. The van der Waals surface area contributed by atoms with Crippen LogP contribution in [0.1, 0.15) is 20.8 Å². The molecule has 0 saturated heterocycles. The molecule has 0 aliphatic rings. The van der Waals surface area contributed by atoms with Gasteiger partial charge in [-0.1, -0.05) is 30.3 Å². The third kappa shape index (κ3) is 3.66. The van der Waals surface area contributed by atoms with E-state index in [0.29, 0.717) is 11.4 Å². The van der Waals surface area contributed by atoms with Gasteiger partial charge in [0.05, 0.1) is 4.88 Å². The van der Waals surface area contributed by atoms with Crippen molar-refractivity contribution in [3.8, 4) is 0 Å². The largest absolute Gasteiger partial charge is 0.334 e. The Morgan fingerprint density at radius 1 is 1.16 bits per heavy atom. The van der Waals surface area contributed by atoms with Gasteiger partial charge in [0.1, 0.15) is 0 Å². The number of thiophene rings is 1. The zero-order valence-corrected chi connectivity index (χ0v) is 11.3. The van der Waals surface area contributed by atoms with Gasteiger partial charge in [-0.3, -0.25) is 10.1 Å². The van der Waals surface area contributed by atoms with Gasteiger partial charge in [0, 0.05) is 6.54 Å². The molecule has 0 unspecified atom stereocenters. The number of aryl methyl sites for hydroxylation is 1. The number of carbonyl (C=O) groups excluding carboxylic acids is 2. The molecule has 0 spiro atoms. The maximum absolute atomic E-state index is 11.6. The Bertz CT molecular complexity index is 579. The SMILES string of the molecule is Cc1ccccc1CNC(=O)NC(=O)c1cccs1. The van der Waals surface area contributed by atoms with E-state index < -0.39 is 6.03 Å². The van der Waals surface area contributed by atoms with Gasteiger partial charge >= 0.3 is 6.03 Å². The quantitative estimate of drug-likeness (QED) is 0.904. The van der Waals surface area contributed by atoms with E-state index in [1.807, 2.05) is 31.2 Å². The summed E-state index contributed by atoms with van der Waals surface area (Å²) in [6.45, 7) is 2.38. The third-order valence-corrected chi connectivity index (χ3v) is 3.54. The van der Waals surface area contributed by atoms with Crippen LogP contribution in [0.15, 0.2) is 41.8 Å². The van der Waals surface area contributed by atoms with Gasteiger partial charge in [-0.2, -0.15) is 0 Å². The van der Waals surface area contributed by atoms with Crippen LogP contribution in [0, 0.1) is 6.92 Å². The van der Waals surface area contributed by atoms with E-state index in [-0.39, 0.29) is 5.91 Å². The van der Waals surface area contributed by atoms with Crippen molar-refractivity contribution in [2.45, 2.75) is 13.5 Å². The summed E-state index contributed by atoms with van der Waals surface area (Å²) >= 11 is 1.30. The van der Waals surface area contributed by atoms with Gasteiger partial charge in [-0.15, -0.1) is 11.3 Å². The molecule has 2 N–H and O–H groups in total. The van der Waals surface area contributed by atoms with E-state index in [0.717, 1.165) is 11.1 Å². The highest BCUT2D eigenvalue weighted by atomic mass is 32.1. The lowest BCUT2D eigenvalue weighted by molar-refractivity contribution is 0.0968. The predicted octanol–water partition coefficient (Wildman–Crippen LogP) is 2.70. The Balaban J connectivity index is 1.85. The average Bonchev–Trinajstić information content (AvgIpc) is 2.91. The Kier molecular flexibility index (Phi) is 4.30. The first kappa shape index (κ1) is 13.3. The second-order valence-electron chi connectivity index (χ2n) is 4.04. The fraction of sp³-hybridized carbons (Fsp3) is 0.143. The van der Waals surface area contributed by atoms with Crippen molar-refractivity contribution in [1.29, 1.82) is 0 Å². The minimum Gasteiger partial charge on any atom is -0.334 e. The molecule has 0 fully saturated rings. The van der Waals surface area contributed by atoms with E-state index in [1.165, 1.54) is 11.3 Å². The summed E-state index contributed by atoms with van der Waals surface area (Å²) < 4.78 is 0. The maximum atomic E-state index is 11.6. The van der Waals surface area contributed by atoms with Crippen LogP contribution in [0.2, 0.25) is 0 Å². The first-order chi connectivity index (χ1) is 9.16. The molecule has 4 nitrogen and oxygen atoms in total. The first-order valence-electron chi connectivity index (χ1n) is 5.84. The molecular weight excluding hydrogens is 260 g/mol. The third-order valence-electron chi connectivity index (χ3n) is 2.67. The standard InChI is InChI=1S/C14H14N2O2S/c1-10-5-2-3-6-11(10)9-15-14(18)16-13(17)12-7-4-8-19-12/h2-8H,9H2,1H3,(H2,15,16,17,18). The second-order valence-corrected chi connectivity index (χ2v) is 4.99. The predicted molar refractivity (Wildman–Crippen MR) is 75.2 cm³/mol. The highest BCUT2D eigenvalue weighted by Crippen LogP contribution is 2.08. The van der Waals surface area contributed by atoms with Gasteiger partial charge < -0.3 is 5.32 Å². The van der Waals surface area contributed by atoms with Crippen LogP contribution in [0.3, 0.4) is 0 Å². The van der Waals surface area contributed by atoms with E-state index >= 15 is 0 Å². The smallest absolute Gasteiger partial charge is 0.322 e. The van der Waals surface area contributed by atoms with Crippen molar-refractivity contribution in [2.75, 3.05) is 0 Å². The van der Waals surface area contributed by atoms with Crippen LogP contribution in [0.4, 0.5) is 4.79 Å². The number of amides is 3. The van der Waals surface area contributed by atoms with Gasteiger partial charge in [-0.05, 0) is 29.5 Å². The summed E-state index contributed by atoms with van der Waals surface area (Å²) in [4.78, 5) is 23.7. The summed E-state index contributed by atoms with van der Waals surface area (Å²) in [5, 5.41) is 6.75. The van der Waals surface area contributed by atoms with Gasteiger partial charge in [0.15, 0.2) is 0 Å². The lowest BCUT2D eigenvalue weighted by Gasteiger charge is -2.08. The van der Waals surface area contributed by atoms with Crippen molar-refractivity contribution < 1.29 is 9.59 Å². The molecule has 0 saturated carbocycles. The number of urea groups is 1. The number of benzene rings is 1. The zero-order valence-electron chi connectivity index (χ0n) is 10.5.